The van der Waals surface area contributed by atoms with E-state index in [0.29, 0.717) is 6.54 Å². The lowest BCUT2D eigenvalue weighted by atomic mass is 9.97. The van der Waals surface area contributed by atoms with Gasteiger partial charge in [-0.1, -0.05) is 44.2 Å². The highest BCUT2D eigenvalue weighted by Gasteiger charge is 2.24. The van der Waals surface area contributed by atoms with Crippen LogP contribution in [0.2, 0.25) is 0 Å². The van der Waals surface area contributed by atoms with Gasteiger partial charge in [-0.25, -0.2) is 0 Å². The summed E-state index contributed by atoms with van der Waals surface area (Å²) in [5, 5.41) is 0. The predicted molar refractivity (Wildman–Crippen MR) is 68.5 cm³/mol. The Morgan fingerprint density at radius 2 is 1.75 bits per heavy atom. The zero-order valence-corrected chi connectivity index (χ0v) is 10.4. The molecule has 2 N–H and O–H groups in total. The third-order valence-electron chi connectivity index (χ3n) is 3.30. The standard InChI is InChI=1S/C14H23NO/c1-3-14(4-2,12-15)16-11-10-13-8-6-5-7-9-13/h5-9H,3-4,10-12,15H2,1-2H3. The maximum atomic E-state index is 5.96. The molecule has 2 heteroatoms. The summed E-state index contributed by atoms with van der Waals surface area (Å²) in [5.74, 6) is 0. The van der Waals surface area contributed by atoms with Gasteiger partial charge in [-0.15, -0.1) is 0 Å². The lowest BCUT2D eigenvalue weighted by Gasteiger charge is -2.30. The Bertz CT molecular complexity index is 272. The van der Waals surface area contributed by atoms with Crippen molar-refractivity contribution in [1.29, 1.82) is 0 Å². The molecule has 0 radical (unpaired) electrons. The fourth-order valence-electron chi connectivity index (χ4n) is 1.83. The second-order valence-corrected chi connectivity index (χ2v) is 4.18. The fraction of sp³-hybridized carbons (Fsp3) is 0.571. The molecule has 0 amide bonds. The van der Waals surface area contributed by atoms with Gasteiger partial charge in [0.15, 0.2) is 0 Å². The van der Waals surface area contributed by atoms with Gasteiger partial charge < -0.3 is 10.5 Å². The second kappa shape index (κ2) is 6.66. The molecule has 2 nitrogen and oxygen atoms in total. The molecular formula is C14H23NO. The van der Waals surface area contributed by atoms with Crippen molar-refractivity contribution < 1.29 is 4.74 Å². The topological polar surface area (TPSA) is 35.2 Å². The molecule has 0 aliphatic heterocycles. The molecule has 0 aromatic heterocycles. The Morgan fingerprint density at radius 3 is 2.25 bits per heavy atom. The summed E-state index contributed by atoms with van der Waals surface area (Å²) >= 11 is 0. The summed E-state index contributed by atoms with van der Waals surface area (Å²) in [5.41, 5.74) is 6.99. The molecule has 0 bridgehead atoms. The largest absolute Gasteiger partial charge is 0.373 e. The van der Waals surface area contributed by atoms with Gasteiger partial charge in [0.05, 0.1) is 12.2 Å². The van der Waals surface area contributed by atoms with E-state index >= 15 is 0 Å². The van der Waals surface area contributed by atoms with E-state index in [2.05, 4.69) is 38.1 Å². The van der Waals surface area contributed by atoms with Crippen LogP contribution in [0, 0.1) is 0 Å². The monoisotopic (exact) mass is 221 g/mol. The molecule has 0 fully saturated rings. The van der Waals surface area contributed by atoms with Crippen LogP contribution in [0.3, 0.4) is 0 Å². The lowest BCUT2D eigenvalue weighted by Crippen LogP contribution is -2.40. The van der Waals surface area contributed by atoms with Crippen LogP contribution in [-0.2, 0) is 11.2 Å². The van der Waals surface area contributed by atoms with Crippen LogP contribution in [0.25, 0.3) is 0 Å². The minimum Gasteiger partial charge on any atom is -0.373 e. The number of nitrogens with two attached hydrogens (primary N) is 1. The van der Waals surface area contributed by atoms with Crippen LogP contribution in [0.4, 0.5) is 0 Å². The van der Waals surface area contributed by atoms with Crippen molar-refractivity contribution in [1.82, 2.24) is 0 Å². The van der Waals surface area contributed by atoms with Crippen molar-refractivity contribution in [2.24, 2.45) is 5.73 Å². The van der Waals surface area contributed by atoms with Crippen LogP contribution >= 0.6 is 0 Å². The van der Waals surface area contributed by atoms with Crippen LogP contribution < -0.4 is 5.73 Å². The van der Waals surface area contributed by atoms with Crippen molar-refractivity contribution in [3.63, 3.8) is 0 Å². The SMILES string of the molecule is CCC(CC)(CN)OCCc1ccccc1. The van der Waals surface area contributed by atoms with E-state index in [1.54, 1.807) is 0 Å². The first-order chi connectivity index (χ1) is 7.76. The third-order valence-corrected chi connectivity index (χ3v) is 3.30. The highest BCUT2D eigenvalue weighted by molar-refractivity contribution is 5.14. The molecule has 1 aromatic rings. The van der Waals surface area contributed by atoms with Crippen molar-refractivity contribution in [2.75, 3.05) is 13.2 Å². The average Bonchev–Trinajstić information content (AvgIpc) is 2.37. The molecule has 0 atom stereocenters. The van der Waals surface area contributed by atoms with Gasteiger partial charge in [0.2, 0.25) is 0 Å². The van der Waals surface area contributed by atoms with E-state index < -0.39 is 0 Å². The fourth-order valence-corrected chi connectivity index (χ4v) is 1.83. The Hall–Kier alpha value is -0.860. The number of hydrogen-bond acceptors (Lipinski definition) is 2. The summed E-state index contributed by atoms with van der Waals surface area (Å²) < 4.78 is 5.96. The predicted octanol–water partition coefficient (Wildman–Crippen LogP) is 2.76. The maximum Gasteiger partial charge on any atom is 0.0799 e. The van der Waals surface area contributed by atoms with Crippen LogP contribution in [0.1, 0.15) is 32.3 Å². The second-order valence-electron chi connectivity index (χ2n) is 4.18. The average molecular weight is 221 g/mol. The molecular weight excluding hydrogens is 198 g/mol. The summed E-state index contributed by atoms with van der Waals surface area (Å²) in [6, 6.07) is 10.4. The number of benzene rings is 1. The van der Waals surface area contributed by atoms with Gasteiger partial charge in [-0.2, -0.15) is 0 Å². The van der Waals surface area contributed by atoms with E-state index in [0.717, 1.165) is 25.9 Å². The van der Waals surface area contributed by atoms with E-state index in [1.807, 2.05) is 6.07 Å². The molecule has 0 heterocycles. The summed E-state index contributed by atoms with van der Waals surface area (Å²) in [6.07, 6.45) is 2.92. The lowest BCUT2D eigenvalue weighted by molar-refractivity contribution is -0.0428. The van der Waals surface area contributed by atoms with E-state index in [4.69, 9.17) is 10.5 Å². The van der Waals surface area contributed by atoms with Crippen LogP contribution in [0.5, 0.6) is 0 Å². The van der Waals surface area contributed by atoms with Gasteiger partial charge in [0, 0.05) is 6.54 Å². The normalized spacial score (nSPS) is 11.7. The Morgan fingerprint density at radius 1 is 1.12 bits per heavy atom. The van der Waals surface area contributed by atoms with Gasteiger partial charge >= 0.3 is 0 Å². The Kier molecular flexibility index (Phi) is 5.50. The highest BCUT2D eigenvalue weighted by atomic mass is 16.5. The quantitative estimate of drug-likeness (QED) is 0.768. The molecule has 0 spiro atoms. The first-order valence-corrected chi connectivity index (χ1v) is 6.14. The van der Waals surface area contributed by atoms with E-state index in [1.165, 1.54) is 5.56 Å². The minimum absolute atomic E-state index is 0.116. The Balaban J connectivity index is 2.39. The number of rotatable bonds is 7. The first kappa shape index (κ1) is 13.2. The van der Waals surface area contributed by atoms with Crippen molar-refractivity contribution >= 4 is 0 Å². The molecule has 0 saturated carbocycles. The summed E-state index contributed by atoms with van der Waals surface area (Å²) in [7, 11) is 0. The maximum absolute atomic E-state index is 5.96. The van der Waals surface area contributed by atoms with Crippen LogP contribution in [-0.4, -0.2) is 18.8 Å². The smallest absolute Gasteiger partial charge is 0.0799 e. The molecule has 0 unspecified atom stereocenters. The molecule has 1 aromatic carbocycles. The highest BCUT2D eigenvalue weighted by Crippen LogP contribution is 2.19. The summed E-state index contributed by atoms with van der Waals surface area (Å²) in [4.78, 5) is 0. The van der Waals surface area contributed by atoms with E-state index in [9.17, 15) is 0 Å². The number of ether oxygens (including phenoxy) is 1. The molecule has 16 heavy (non-hydrogen) atoms. The third kappa shape index (κ3) is 3.62. The van der Waals surface area contributed by atoms with Crippen molar-refractivity contribution in [3.05, 3.63) is 35.9 Å². The Labute approximate surface area is 98.8 Å². The molecule has 1 rings (SSSR count). The molecule has 90 valence electrons. The van der Waals surface area contributed by atoms with E-state index in [-0.39, 0.29) is 5.60 Å². The number of hydrogen-bond donors (Lipinski definition) is 1. The van der Waals surface area contributed by atoms with Gasteiger partial charge in [0.1, 0.15) is 0 Å². The van der Waals surface area contributed by atoms with Crippen molar-refractivity contribution in [3.8, 4) is 0 Å². The summed E-state index contributed by atoms with van der Waals surface area (Å²) in [6.45, 7) is 5.63. The molecule has 0 aliphatic carbocycles. The minimum atomic E-state index is -0.116. The van der Waals surface area contributed by atoms with Gasteiger partial charge in [0.25, 0.3) is 0 Å². The van der Waals surface area contributed by atoms with Gasteiger partial charge in [-0.3, -0.25) is 0 Å². The van der Waals surface area contributed by atoms with Gasteiger partial charge in [-0.05, 0) is 24.8 Å². The van der Waals surface area contributed by atoms with Crippen LogP contribution in [0.15, 0.2) is 30.3 Å². The first-order valence-electron chi connectivity index (χ1n) is 6.14. The van der Waals surface area contributed by atoms with Crippen molar-refractivity contribution in [2.45, 2.75) is 38.7 Å². The molecule has 0 saturated heterocycles. The molecule has 0 aliphatic rings. The zero-order valence-electron chi connectivity index (χ0n) is 10.4. The zero-order chi connectivity index (χ0) is 11.9.